The Labute approximate surface area is 114 Å². The van der Waals surface area contributed by atoms with E-state index >= 15 is 0 Å². The van der Waals surface area contributed by atoms with Gasteiger partial charge in [-0.25, -0.2) is 4.68 Å². The Hall–Kier alpha value is -1.75. The molecule has 5 heteroatoms. The van der Waals surface area contributed by atoms with E-state index in [9.17, 15) is 0 Å². The van der Waals surface area contributed by atoms with E-state index in [1.807, 2.05) is 30.2 Å². The first-order chi connectivity index (χ1) is 8.92. The van der Waals surface area contributed by atoms with Gasteiger partial charge in [0, 0.05) is 24.5 Å². The SMILES string of the molecule is Cc1cncc(Cn2cc(CNC(C)(C)C)nn2)c1. The second-order valence-electron chi connectivity index (χ2n) is 5.88. The van der Waals surface area contributed by atoms with Crippen molar-refractivity contribution < 1.29 is 0 Å². The van der Waals surface area contributed by atoms with Gasteiger partial charge in [-0.1, -0.05) is 11.3 Å². The van der Waals surface area contributed by atoms with Gasteiger partial charge in [-0.3, -0.25) is 4.98 Å². The van der Waals surface area contributed by atoms with E-state index in [1.165, 1.54) is 0 Å². The summed E-state index contributed by atoms with van der Waals surface area (Å²) in [6, 6.07) is 2.11. The molecule has 0 aliphatic rings. The normalized spacial score (nSPS) is 11.8. The van der Waals surface area contributed by atoms with E-state index in [0.29, 0.717) is 6.54 Å². The van der Waals surface area contributed by atoms with Gasteiger partial charge in [0.1, 0.15) is 0 Å². The van der Waals surface area contributed by atoms with Gasteiger partial charge >= 0.3 is 0 Å². The van der Waals surface area contributed by atoms with Crippen LogP contribution in [-0.2, 0) is 13.1 Å². The van der Waals surface area contributed by atoms with Gasteiger partial charge in [0.25, 0.3) is 0 Å². The summed E-state index contributed by atoms with van der Waals surface area (Å²) >= 11 is 0. The summed E-state index contributed by atoms with van der Waals surface area (Å²) in [5, 5.41) is 11.7. The van der Waals surface area contributed by atoms with Gasteiger partial charge in [0.15, 0.2) is 0 Å². The zero-order valence-electron chi connectivity index (χ0n) is 12.0. The predicted molar refractivity (Wildman–Crippen MR) is 74.7 cm³/mol. The molecule has 0 aliphatic heterocycles. The van der Waals surface area contributed by atoms with Crippen LogP contribution in [0.5, 0.6) is 0 Å². The number of pyridine rings is 1. The van der Waals surface area contributed by atoms with E-state index in [-0.39, 0.29) is 5.54 Å². The zero-order chi connectivity index (χ0) is 13.9. The largest absolute Gasteiger partial charge is 0.306 e. The minimum atomic E-state index is 0.0875. The smallest absolute Gasteiger partial charge is 0.0965 e. The first-order valence-electron chi connectivity index (χ1n) is 6.47. The average molecular weight is 259 g/mol. The van der Waals surface area contributed by atoms with Crippen LogP contribution >= 0.6 is 0 Å². The zero-order valence-corrected chi connectivity index (χ0v) is 12.0. The summed E-state index contributed by atoms with van der Waals surface area (Å²) in [5.74, 6) is 0. The number of aromatic nitrogens is 4. The van der Waals surface area contributed by atoms with Crippen LogP contribution in [0.1, 0.15) is 37.6 Å². The Kier molecular flexibility index (Phi) is 3.95. The molecule has 1 N–H and O–H groups in total. The maximum Gasteiger partial charge on any atom is 0.0965 e. The quantitative estimate of drug-likeness (QED) is 0.911. The highest BCUT2D eigenvalue weighted by atomic mass is 15.4. The maximum atomic E-state index is 4.18. The summed E-state index contributed by atoms with van der Waals surface area (Å²) in [4.78, 5) is 4.18. The van der Waals surface area contributed by atoms with E-state index in [0.717, 1.165) is 23.4 Å². The summed E-state index contributed by atoms with van der Waals surface area (Å²) in [6.45, 7) is 9.88. The molecule has 2 aromatic rings. The van der Waals surface area contributed by atoms with Crippen LogP contribution in [0.2, 0.25) is 0 Å². The van der Waals surface area contributed by atoms with Crippen molar-refractivity contribution in [1.82, 2.24) is 25.3 Å². The first kappa shape index (κ1) is 13.7. The highest BCUT2D eigenvalue weighted by molar-refractivity contribution is 5.16. The second kappa shape index (κ2) is 5.48. The van der Waals surface area contributed by atoms with Crippen molar-refractivity contribution in [3.8, 4) is 0 Å². The predicted octanol–water partition coefficient (Wildman–Crippen LogP) is 1.92. The molecular weight excluding hydrogens is 238 g/mol. The van der Waals surface area contributed by atoms with Crippen molar-refractivity contribution in [3.05, 3.63) is 41.5 Å². The Morgan fingerprint density at radius 2 is 2.05 bits per heavy atom. The molecular formula is C14H21N5. The molecule has 2 aromatic heterocycles. The summed E-state index contributed by atoms with van der Waals surface area (Å²) < 4.78 is 1.84. The van der Waals surface area contributed by atoms with Crippen LogP contribution in [0.4, 0.5) is 0 Å². The molecule has 0 atom stereocenters. The molecule has 0 saturated heterocycles. The molecule has 0 radical (unpaired) electrons. The topological polar surface area (TPSA) is 55.6 Å². The Bertz CT molecular complexity index is 539. The molecule has 0 aromatic carbocycles. The summed E-state index contributed by atoms with van der Waals surface area (Å²) in [7, 11) is 0. The highest BCUT2D eigenvalue weighted by Crippen LogP contribution is 2.05. The van der Waals surface area contributed by atoms with Crippen molar-refractivity contribution >= 4 is 0 Å². The lowest BCUT2D eigenvalue weighted by Gasteiger charge is -2.19. The monoisotopic (exact) mass is 259 g/mol. The number of rotatable bonds is 4. The third kappa shape index (κ3) is 4.44. The molecule has 0 unspecified atom stereocenters. The van der Waals surface area contributed by atoms with Crippen LogP contribution in [-0.4, -0.2) is 25.5 Å². The summed E-state index contributed by atoms with van der Waals surface area (Å²) in [5.41, 5.74) is 3.34. The molecule has 0 spiro atoms. The fourth-order valence-corrected chi connectivity index (χ4v) is 1.74. The maximum absolute atomic E-state index is 4.18. The van der Waals surface area contributed by atoms with E-state index in [1.54, 1.807) is 0 Å². The van der Waals surface area contributed by atoms with Crippen molar-refractivity contribution in [3.63, 3.8) is 0 Å². The molecule has 102 valence electrons. The number of aryl methyl sites for hydroxylation is 1. The lowest BCUT2D eigenvalue weighted by Crippen LogP contribution is -2.35. The second-order valence-corrected chi connectivity index (χ2v) is 5.88. The molecule has 0 aliphatic carbocycles. The third-order valence-electron chi connectivity index (χ3n) is 2.66. The lowest BCUT2D eigenvalue weighted by atomic mass is 10.1. The average Bonchev–Trinajstić information content (AvgIpc) is 2.73. The Balaban J connectivity index is 1.97. The lowest BCUT2D eigenvalue weighted by molar-refractivity contribution is 0.421. The molecule has 5 nitrogen and oxygen atoms in total. The van der Waals surface area contributed by atoms with Crippen LogP contribution < -0.4 is 5.32 Å². The van der Waals surface area contributed by atoms with Crippen LogP contribution in [0.3, 0.4) is 0 Å². The van der Waals surface area contributed by atoms with Gasteiger partial charge in [0.2, 0.25) is 0 Å². The van der Waals surface area contributed by atoms with Crippen molar-refractivity contribution in [2.75, 3.05) is 0 Å². The van der Waals surface area contributed by atoms with Crippen LogP contribution in [0.15, 0.2) is 24.7 Å². The molecule has 0 saturated carbocycles. The van der Waals surface area contributed by atoms with Gasteiger partial charge in [0.05, 0.1) is 18.4 Å². The highest BCUT2D eigenvalue weighted by Gasteiger charge is 2.10. The molecule has 0 bridgehead atoms. The Morgan fingerprint density at radius 1 is 1.26 bits per heavy atom. The van der Waals surface area contributed by atoms with Crippen molar-refractivity contribution in [1.29, 1.82) is 0 Å². The fourth-order valence-electron chi connectivity index (χ4n) is 1.74. The Morgan fingerprint density at radius 3 is 2.74 bits per heavy atom. The molecule has 2 rings (SSSR count). The minimum absolute atomic E-state index is 0.0875. The number of hydrogen-bond donors (Lipinski definition) is 1. The number of nitrogens with zero attached hydrogens (tertiary/aromatic N) is 4. The van der Waals surface area contributed by atoms with Gasteiger partial charge in [-0.2, -0.15) is 0 Å². The molecule has 2 heterocycles. The molecule has 0 fully saturated rings. The molecule has 0 amide bonds. The van der Waals surface area contributed by atoms with Gasteiger partial charge < -0.3 is 5.32 Å². The van der Waals surface area contributed by atoms with Gasteiger partial charge in [-0.15, -0.1) is 5.10 Å². The van der Waals surface area contributed by atoms with E-state index in [2.05, 4.69) is 47.5 Å². The standard InChI is InChI=1S/C14H21N5/c1-11-5-12(7-15-6-11)9-19-10-13(17-18-19)8-16-14(2,3)4/h5-7,10,16H,8-9H2,1-4H3. The number of nitrogens with one attached hydrogen (secondary N) is 1. The van der Waals surface area contributed by atoms with Crippen LogP contribution in [0, 0.1) is 6.92 Å². The minimum Gasteiger partial charge on any atom is -0.306 e. The van der Waals surface area contributed by atoms with Crippen molar-refractivity contribution in [2.45, 2.75) is 46.3 Å². The van der Waals surface area contributed by atoms with E-state index in [4.69, 9.17) is 0 Å². The fraction of sp³-hybridized carbons (Fsp3) is 0.500. The van der Waals surface area contributed by atoms with Crippen LogP contribution in [0.25, 0.3) is 0 Å². The van der Waals surface area contributed by atoms with E-state index < -0.39 is 0 Å². The molecule has 19 heavy (non-hydrogen) atoms. The first-order valence-corrected chi connectivity index (χ1v) is 6.47. The number of hydrogen-bond acceptors (Lipinski definition) is 4. The van der Waals surface area contributed by atoms with Crippen molar-refractivity contribution in [2.24, 2.45) is 0 Å². The summed E-state index contributed by atoms with van der Waals surface area (Å²) in [6.07, 6.45) is 5.69. The van der Waals surface area contributed by atoms with Gasteiger partial charge in [-0.05, 0) is 38.8 Å². The third-order valence-corrected chi connectivity index (χ3v) is 2.66.